The van der Waals surface area contributed by atoms with Crippen molar-refractivity contribution in [2.75, 3.05) is 19.8 Å². The zero-order valence-corrected chi connectivity index (χ0v) is 21.5. The normalized spacial score (nSPS) is 11.2. The summed E-state index contributed by atoms with van der Waals surface area (Å²) in [6.45, 7) is 7.54. The summed E-state index contributed by atoms with van der Waals surface area (Å²) in [4.78, 5) is 0. The predicted molar refractivity (Wildman–Crippen MR) is 146 cm³/mol. The van der Waals surface area contributed by atoms with E-state index in [9.17, 15) is 8.78 Å². The molecule has 0 aliphatic carbocycles. The number of hydrogen-bond acceptors (Lipinski definition) is 2. The molecule has 0 amide bonds. The average molecular weight is 507 g/mol. The molecular weight excluding hydrogens is 473 g/mol. The van der Waals surface area contributed by atoms with Gasteiger partial charge in [-0.1, -0.05) is 62.4 Å². The average Bonchev–Trinajstić information content (AvgIpc) is 3.43. The number of hydrogen-bond donors (Lipinski definition) is 2. The van der Waals surface area contributed by atoms with Crippen LogP contribution >= 0.6 is 0 Å². The highest BCUT2D eigenvalue weighted by molar-refractivity contribution is 6.08. The smallest absolute Gasteiger partial charge is 0.217 e. The maximum Gasteiger partial charge on any atom is 0.217 e. The number of nitrogens with one attached hydrogen (secondary N) is 2. The van der Waals surface area contributed by atoms with Crippen LogP contribution in [0.4, 0.5) is 13.2 Å². The Bertz CT molecular complexity index is 1470. The number of fused-ring (bicyclic) bond motifs is 3. The van der Waals surface area contributed by atoms with Crippen molar-refractivity contribution in [3.8, 4) is 11.3 Å². The maximum absolute atomic E-state index is 16.1. The van der Waals surface area contributed by atoms with Gasteiger partial charge in [-0.2, -0.15) is 9.49 Å². The quantitative estimate of drug-likeness (QED) is 0.206. The van der Waals surface area contributed by atoms with E-state index in [1.165, 1.54) is 5.56 Å². The number of halogens is 3. The Balaban J connectivity index is 0.00000156. The molecule has 2 N–H and O–H groups in total. The largest absolute Gasteiger partial charge is 0.333 e. The molecule has 0 saturated heterocycles. The van der Waals surface area contributed by atoms with Gasteiger partial charge in [0.25, 0.3) is 0 Å². The predicted octanol–water partition coefficient (Wildman–Crippen LogP) is 7.34. The summed E-state index contributed by atoms with van der Waals surface area (Å²) >= 11 is 0. The molecule has 5 aromatic rings. The van der Waals surface area contributed by atoms with Gasteiger partial charge in [-0.15, -0.1) is 0 Å². The monoisotopic (exact) mass is 506 g/mol. The summed E-state index contributed by atoms with van der Waals surface area (Å²) in [6.07, 6.45) is 1.37. The van der Waals surface area contributed by atoms with E-state index >= 15 is 4.39 Å². The lowest BCUT2D eigenvalue weighted by Gasteiger charge is -2.13. The molecule has 0 aliphatic rings. The van der Waals surface area contributed by atoms with Crippen LogP contribution in [0, 0.1) is 18.7 Å². The number of alkyl halides is 1. The van der Waals surface area contributed by atoms with Crippen molar-refractivity contribution >= 4 is 21.8 Å². The second-order valence-corrected chi connectivity index (χ2v) is 8.81. The van der Waals surface area contributed by atoms with Crippen LogP contribution in [0.3, 0.4) is 0 Å². The Morgan fingerprint density at radius 2 is 1.62 bits per heavy atom. The Morgan fingerprint density at radius 1 is 0.892 bits per heavy atom. The molecular formula is C30H33F3N4. The van der Waals surface area contributed by atoms with Crippen LogP contribution in [0.15, 0.2) is 60.7 Å². The molecule has 194 valence electrons. The molecule has 0 atom stereocenters. The van der Waals surface area contributed by atoms with Crippen LogP contribution in [0.5, 0.6) is 0 Å². The van der Waals surface area contributed by atoms with E-state index in [0.717, 1.165) is 29.7 Å². The number of aromatic amines is 1. The number of aryl methyl sites for hydroxylation is 1. The lowest BCUT2D eigenvalue weighted by atomic mass is 10.0. The first kappa shape index (κ1) is 26.5. The zero-order chi connectivity index (χ0) is 26.4. The standard InChI is InChI=1S/C28H27F3N4.C2H6/c1-18-5-2-3-6-21(18)27-26(30)25-23(12-11-22-24(25)28(31)34-33-22)35(27)17-20-9-7-19(8-10-20)13-16-32-15-4-14-29;1-2/h2-3,5-12,32H,4,13-17H2,1H3,(H,33,34);1-2H3. The van der Waals surface area contributed by atoms with Gasteiger partial charge in [0.2, 0.25) is 5.95 Å². The first-order valence-corrected chi connectivity index (χ1v) is 12.8. The van der Waals surface area contributed by atoms with E-state index < -0.39 is 11.8 Å². The molecule has 0 saturated carbocycles. The molecule has 7 heteroatoms. The fraction of sp³-hybridized carbons (Fsp3) is 0.300. The fourth-order valence-corrected chi connectivity index (χ4v) is 4.68. The summed E-state index contributed by atoms with van der Waals surface area (Å²) in [6, 6.07) is 19.4. The molecule has 2 aromatic heterocycles. The third kappa shape index (κ3) is 5.42. The second kappa shape index (κ2) is 12.1. The highest BCUT2D eigenvalue weighted by atomic mass is 19.1. The van der Waals surface area contributed by atoms with Crippen LogP contribution < -0.4 is 5.32 Å². The Labute approximate surface area is 215 Å². The molecule has 0 bridgehead atoms. The zero-order valence-electron chi connectivity index (χ0n) is 21.5. The van der Waals surface area contributed by atoms with Gasteiger partial charge in [-0.05, 0) is 61.7 Å². The third-order valence-electron chi connectivity index (χ3n) is 6.48. The van der Waals surface area contributed by atoms with Gasteiger partial charge >= 0.3 is 0 Å². The molecule has 37 heavy (non-hydrogen) atoms. The van der Waals surface area contributed by atoms with Crippen molar-refractivity contribution in [1.82, 2.24) is 20.1 Å². The molecule has 0 fully saturated rings. The molecule has 0 spiro atoms. The summed E-state index contributed by atoms with van der Waals surface area (Å²) in [5, 5.41) is 9.96. The summed E-state index contributed by atoms with van der Waals surface area (Å²) in [5.41, 5.74) is 5.35. The van der Waals surface area contributed by atoms with Crippen LogP contribution in [0.1, 0.15) is 37.0 Å². The molecule has 3 aromatic carbocycles. The van der Waals surface area contributed by atoms with E-state index in [0.29, 0.717) is 36.2 Å². The van der Waals surface area contributed by atoms with Crippen LogP contribution in [0.25, 0.3) is 33.1 Å². The lowest BCUT2D eigenvalue weighted by Crippen LogP contribution is -2.18. The van der Waals surface area contributed by atoms with Gasteiger partial charge < -0.3 is 9.88 Å². The molecule has 4 nitrogen and oxygen atoms in total. The number of rotatable bonds is 9. The van der Waals surface area contributed by atoms with Gasteiger partial charge in [0, 0.05) is 12.1 Å². The maximum atomic E-state index is 16.1. The SMILES string of the molecule is CC.Cc1ccccc1-c1c(F)c2c3c(F)[nH]nc3ccc2n1Cc1ccc(CCNCCCF)cc1. The first-order valence-electron chi connectivity index (χ1n) is 12.8. The fourth-order valence-electron chi connectivity index (χ4n) is 4.68. The van der Waals surface area contributed by atoms with Crippen molar-refractivity contribution in [2.24, 2.45) is 0 Å². The topological polar surface area (TPSA) is 45.6 Å². The van der Waals surface area contributed by atoms with E-state index in [1.54, 1.807) is 12.1 Å². The van der Waals surface area contributed by atoms with Crippen molar-refractivity contribution in [3.05, 3.63) is 89.1 Å². The molecule has 0 unspecified atom stereocenters. The Morgan fingerprint density at radius 3 is 2.35 bits per heavy atom. The summed E-state index contributed by atoms with van der Waals surface area (Å²) < 4.78 is 44.8. The molecule has 0 aliphatic heterocycles. The van der Waals surface area contributed by atoms with E-state index in [2.05, 4.69) is 27.6 Å². The highest BCUT2D eigenvalue weighted by Crippen LogP contribution is 2.38. The van der Waals surface area contributed by atoms with Crippen LogP contribution in [-0.2, 0) is 13.0 Å². The third-order valence-corrected chi connectivity index (χ3v) is 6.48. The number of H-pyrrole nitrogens is 1. The van der Waals surface area contributed by atoms with Gasteiger partial charge in [-0.3, -0.25) is 9.49 Å². The van der Waals surface area contributed by atoms with Crippen molar-refractivity contribution < 1.29 is 13.2 Å². The lowest BCUT2D eigenvalue weighted by molar-refractivity contribution is 0.460. The van der Waals surface area contributed by atoms with Gasteiger partial charge in [-0.25, -0.2) is 4.39 Å². The summed E-state index contributed by atoms with van der Waals surface area (Å²) in [7, 11) is 0. The molecule has 2 heterocycles. The van der Waals surface area contributed by atoms with Gasteiger partial charge in [0.1, 0.15) is 0 Å². The van der Waals surface area contributed by atoms with Crippen molar-refractivity contribution in [1.29, 1.82) is 0 Å². The second-order valence-electron chi connectivity index (χ2n) is 8.81. The number of benzene rings is 3. The van der Waals surface area contributed by atoms with Crippen LogP contribution in [0.2, 0.25) is 0 Å². The highest BCUT2D eigenvalue weighted by Gasteiger charge is 2.24. The van der Waals surface area contributed by atoms with Crippen molar-refractivity contribution in [3.63, 3.8) is 0 Å². The number of nitrogens with zero attached hydrogens (tertiary/aromatic N) is 2. The minimum atomic E-state index is -0.637. The first-order chi connectivity index (χ1) is 18.1. The summed E-state index contributed by atoms with van der Waals surface area (Å²) in [5.74, 6) is -1.08. The molecule has 0 radical (unpaired) electrons. The van der Waals surface area contributed by atoms with E-state index in [-0.39, 0.29) is 17.4 Å². The van der Waals surface area contributed by atoms with Gasteiger partial charge in [0.15, 0.2) is 5.82 Å². The van der Waals surface area contributed by atoms with Crippen molar-refractivity contribution in [2.45, 2.75) is 40.2 Å². The Hall–Kier alpha value is -3.58. The molecule has 5 rings (SSSR count). The Kier molecular flexibility index (Phi) is 8.66. The van der Waals surface area contributed by atoms with E-state index in [4.69, 9.17) is 0 Å². The minimum Gasteiger partial charge on any atom is -0.333 e. The van der Waals surface area contributed by atoms with E-state index in [1.807, 2.05) is 61.7 Å². The minimum absolute atomic E-state index is 0.171. The van der Waals surface area contributed by atoms with Crippen LogP contribution in [-0.4, -0.2) is 34.5 Å². The van der Waals surface area contributed by atoms with Gasteiger partial charge in [0.05, 0.1) is 34.2 Å². The number of aromatic nitrogens is 3.